The van der Waals surface area contributed by atoms with Gasteiger partial charge in [-0.05, 0) is 145 Å². The van der Waals surface area contributed by atoms with Gasteiger partial charge in [0.2, 0.25) is 0 Å². The predicted molar refractivity (Wildman–Crippen MR) is 414 cm³/mol. The van der Waals surface area contributed by atoms with Gasteiger partial charge in [0.05, 0.1) is 15.9 Å². The van der Waals surface area contributed by atoms with Crippen LogP contribution >= 0.6 is 22.8 Å². The fourth-order valence-corrected chi connectivity index (χ4v) is 20.7. The molecule has 12 aromatic carbocycles. The standard InChI is InChI=1S/C91H75NO11P3/c1-92-51-49-66(50-52-92)65-41-43-67(44-42-65)91-96-83-57-85-77-53-75(83)71(45-37-61-23-9-2-10-24-61)76-54-78-73(47-39-63-27-13-4-14-28-63)80-56-82-74(48-40-64-29-15-5-16-30-64)81-55-79(72(77)46-38-62-25-11-3-12-26-62)87(100-104(93,98-85)68-31-17-6-18-32-68)59-89(81)102-106(95,70-35-21-8-22-36-70)103-90(82)60-88(80)101-105(94,69-33-19-7-20-34-69)99-86(78)58-84(76)97-91/h2-36,41-44,49-60,71-74,91H,37-40,45-48H2,1H3/q+1/t71?,72-,73+,74?,91?,104?,105?,106?. The minimum Gasteiger partial charge on any atom is -0.450 e. The number of aryl methyl sites for hydroxylation is 5. The molecule has 0 saturated heterocycles. The van der Waals surface area contributed by atoms with E-state index in [2.05, 4.69) is 146 Å². The highest BCUT2D eigenvalue weighted by molar-refractivity contribution is 7.63. The van der Waals surface area contributed by atoms with Gasteiger partial charge in [-0.25, -0.2) is 18.3 Å². The van der Waals surface area contributed by atoms with Crippen molar-refractivity contribution in [1.29, 1.82) is 0 Å². The van der Waals surface area contributed by atoms with E-state index in [0.717, 1.165) is 66.8 Å². The zero-order valence-electron chi connectivity index (χ0n) is 58.3. The van der Waals surface area contributed by atoms with E-state index in [1.807, 2.05) is 115 Å². The Balaban J connectivity index is 0.984. The summed E-state index contributed by atoms with van der Waals surface area (Å²) < 4.78 is 112. The molecule has 1 aliphatic carbocycles. The molecule has 8 atom stereocenters. The van der Waals surface area contributed by atoms with Crippen molar-refractivity contribution in [1.82, 2.24) is 0 Å². The van der Waals surface area contributed by atoms with Crippen LogP contribution in [0, 0.1) is 0 Å². The number of rotatable bonds is 17. The Morgan fingerprint density at radius 2 is 0.509 bits per heavy atom. The van der Waals surface area contributed by atoms with E-state index >= 15 is 13.7 Å². The van der Waals surface area contributed by atoms with Crippen LogP contribution in [0.15, 0.2) is 310 Å². The lowest BCUT2D eigenvalue weighted by molar-refractivity contribution is -0.671. The SMILES string of the molecule is C[n+]1ccc(-c2ccc(C3Oc4cc5c6cc4C(CCc4ccccc4)c4cc7c(cc4O3)OP(=O)(c3ccccc3)Oc3cc4c(cc3[C@H]7CCc3ccccc3)C(CCc3ccccc3)c3cc(c(cc3OP(=O)(c3ccccc3)O4)OP(=O)(c3ccccc3)O5)[C@@H]6CCc3ccccc3)cc2)cc1. The summed E-state index contributed by atoms with van der Waals surface area (Å²) in [5.41, 5.74) is 13.2. The first-order chi connectivity index (χ1) is 51.9. The molecule has 0 spiro atoms. The Kier molecular flexibility index (Phi) is 17.7. The smallest absolute Gasteiger partial charge is 0.450 e. The molecule has 1 aromatic heterocycles. The molecule has 0 amide bonds. The predicted octanol–water partition coefficient (Wildman–Crippen LogP) is 20.9. The number of nitrogens with zero attached hydrogens (tertiary/aromatic N) is 1. The fourth-order valence-electron chi connectivity index (χ4n) is 15.9. The number of pyridine rings is 1. The third-order valence-electron chi connectivity index (χ3n) is 21.3. The van der Waals surface area contributed by atoms with Gasteiger partial charge in [0, 0.05) is 110 Å². The van der Waals surface area contributed by atoms with Crippen LogP contribution in [0.4, 0.5) is 0 Å². The topological polar surface area (TPSA) is 129 Å². The van der Waals surface area contributed by atoms with Crippen molar-refractivity contribution in [3.8, 4) is 57.1 Å². The van der Waals surface area contributed by atoms with E-state index in [1.54, 1.807) is 60.7 Å². The fraction of sp³-hybridized carbons (Fsp3) is 0.154. The van der Waals surface area contributed by atoms with Crippen LogP contribution in [0.1, 0.15) is 128 Å². The minimum atomic E-state index is -4.57. The summed E-state index contributed by atoms with van der Waals surface area (Å²) in [5.74, 6) is 0.238. The third kappa shape index (κ3) is 13.1. The highest BCUT2D eigenvalue weighted by atomic mass is 31.2. The lowest BCUT2D eigenvalue weighted by Gasteiger charge is -2.38. The molecule has 8 bridgehead atoms. The largest absolute Gasteiger partial charge is 0.462 e. The zero-order chi connectivity index (χ0) is 71.4. The van der Waals surface area contributed by atoms with E-state index in [4.69, 9.17) is 36.6 Å². The Morgan fingerprint density at radius 1 is 0.274 bits per heavy atom. The maximum Gasteiger partial charge on any atom is 0.462 e. The van der Waals surface area contributed by atoms with E-state index in [9.17, 15) is 0 Å². The van der Waals surface area contributed by atoms with Gasteiger partial charge in [0.1, 0.15) is 53.0 Å². The van der Waals surface area contributed by atoms with Gasteiger partial charge in [-0.2, -0.15) is 0 Å². The minimum absolute atomic E-state index is 0.218. The molecular weight excluding hydrogens is 1380 g/mol. The Bertz CT molecular complexity index is 5330. The quantitative estimate of drug-likeness (QED) is 0.0638. The number of hydrogen-bond acceptors (Lipinski definition) is 11. The average molecular weight is 1450 g/mol. The van der Waals surface area contributed by atoms with Crippen molar-refractivity contribution >= 4 is 38.7 Å². The normalized spacial score (nSPS) is 21.2. The maximum absolute atomic E-state index is 17.0. The van der Waals surface area contributed by atoms with Crippen molar-refractivity contribution in [3.63, 3.8) is 0 Å². The summed E-state index contributed by atoms with van der Waals surface area (Å²) in [5, 5.41) is 0.895. The van der Waals surface area contributed by atoms with Crippen LogP contribution < -0.4 is 57.1 Å². The van der Waals surface area contributed by atoms with Gasteiger partial charge >= 0.3 is 22.8 Å². The van der Waals surface area contributed by atoms with Crippen molar-refractivity contribution in [3.05, 3.63) is 382 Å². The number of aromatic nitrogens is 1. The first-order valence-corrected chi connectivity index (χ1v) is 41.0. The molecule has 0 radical (unpaired) electrons. The zero-order valence-corrected chi connectivity index (χ0v) is 61.0. The summed E-state index contributed by atoms with van der Waals surface area (Å²) in [7, 11) is -11.6. The van der Waals surface area contributed by atoms with E-state index in [1.165, 1.54) is 0 Å². The second kappa shape index (κ2) is 28.1. The molecule has 13 aromatic rings. The van der Waals surface area contributed by atoms with Crippen molar-refractivity contribution in [2.45, 2.75) is 81.3 Å². The van der Waals surface area contributed by atoms with Gasteiger partial charge in [0.15, 0.2) is 12.4 Å². The molecular formula is C91H75NO11P3+. The van der Waals surface area contributed by atoms with Crippen LogP contribution in [-0.4, -0.2) is 0 Å². The Labute approximate surface area is 617 Å². The molecule has 0 N–H and O–H groups in total. The molecule has 0 saturated carbocycles. The number of benzene rings is 12. The first kappa shape index (κ1) is 66.8. The third-order valence-corrected chi connectivity index (χ3v) is 26.7. The van der Waals surface area contributed by atoms with Crippen LogP contribution in [0.2, 0.25) is 0 Å². The van der Waals surface area contributed by atoms with Crippen molar-refractivity contribution < 1.29 is 54.9 Å². The second-order valence-corrected chi connectivity index (χ2v) is 33.6. The lowest BCUT2D eigenvalue weighted by atomic mass is 9.76. The molecule has 12 nitrogen and oxygen atoms in total. The van der Waals surface area contributed by atoms with E-state index in [0.29, 0.717) is 102 Å². The average Bonchev–Trinajstić information content (AvgIpc) is 0.721. The lowest BCUT2D eigenvalue weighted by Crippen LogP contribution is -2.25. The molecule has 5 aliphatic rings. The Morgan fingerprint density at radius 3 is 0.783 bits per heavy atom. The van der Waals surface area contributed by atoms with Gasteiger partial charge in [-0.3, -0.25) is 0 Å². The van der Waals surface area contributed by atoms with Crippen LogP contribution in [0.3, 0.4) is 0 Å². The van der Waals surface area contributed by atoms with Crippen LogP contribution in [0.25, 0.3) is 11.1 Å². The summed E-state index contributed by atoms with van der Waals surface area (Å²) in [4.78, 5) is 0. The summed E-state index contributed by atoms with van der Waals surface area (Å²) in [6, 6.07) is 97.4. The highest BCUT2D eigenvalue weighted by Gasteiger charge is 2.47. The molecule has 0 fully saturated rings. The van der Waals surface area contributed by atoms with E-state index < -0.39 is 52.7 Å². The summed E-state index contributed by atoms with van der Waals surface area (Å²) in [6.45, 7) is 0. The monoisotopic (exact) mass is 1450 g/mol. The second-order valence-electron chi connectivity index (χ2n) is 28.0. The maximum atomic E-state index is 17.0. The van der Waals surface area contributed by atoms with Gasteiger partial charge in [0.25, 0.3) is 6.29 Å². The summed E-state index contributed by atoms with van der Waals surface area (Å²) >= 11 is 0. The summed E-state index contributed by atoms with van der Waals surface area (Å²) in [6.07, 6.45) is 7.46. The molecule has 15 heteroatoms. The first-order valence-electron chi connectivity index (χ1n) is 36.3. The number of hydrogen-bond donors (Lipinski definition) is 0. The van der Waals surface area contributed by atoms with Gasteiger partial charge in [-0.15, -0.1) is 0 Å². The molecule has 18 rings (SSSR count). The molecule has 4 aliphatic heterocycles. The van der Waals surface area contributed by atoms with Gasteiger partial charge < -0.3 is 36.6 Å². The van der Waals surface area contributed by atoms with Gasteiger partial charge in [-0.1, -0.05) is 200 Å². The molecule has 6 unspecified atom stereocenters. The molecule has 524 valence electrons. The highest BCUT2D eigenvalue weighted by Crippen LogP contribution is 2.64. The van der Waals surface area contributed by atoms with Crippen molar-refractivity contribution in [2.24, 2.45) is 7.05 Å². The van der Waals surface area contributed by atoms with E-state index in [-0.39, 0.29) is 28.3 Å². The molecule has 5 heterocycles. The van der Waals surface area contributed by atoms with Crippen LogP contribution in [-0.2, 0) is 46.4 Å². The number of ether oxygens (including phenoxy) is 2. The molecule has 106 heavy (non-hydrogen) atoms. The van der Waals surface area contributed by atoms with Crippen LogP contribution in [0.5, 0.6) is 46.0 Å². The van der Waals surface area contributed by atoms with Crippen molar-refractivity contribution in [2.75, 3.05) is 0 Å². The Hall–Kier alpha value is -11.1.